The van der Waals surface area contributed by atoms with Gasteiger partial charge in [-0.25, -0.2) is 17.4 Å². The number of pyridine rings is 1. The molecule has 0 aliphatic carbocycles. The van der Waals surface area contributed by atoms with Crippen LogP contribution in [-0.4, -0.2) is 17.4 Å². The molecule has 0 unspecified atom stereocenters. The highest BCUT2D eigenvalue weighted by atomic mass is 35.5. The number of fused-ring (bicyclic) bond motifs is 1. The number of hydrogen-bond donors (Lipinski definition) is 0. The number of halogens is 1. The van der Waals surface area contributed by atoms with Crippen molar-refractivity contribution < 1.29 is 8.42 Å². The van der Waals surface area contributed by atoms with Crippen molar-refractivity contribution >= 4 is 32.7 Å². The molecule has 0 amide bonds. The van der Waals surface area contributed by atoms with Crippen LogP contribution in [0.5, 0.6) is 0 Å². The van der Waals surface area contributed by atoms with Crippen molar-refractivity contribution in [3.63, 3.8) is 0 Å². The van der Waals surface area contributed by atoms with Gasteiger partial charge in [0.05, 0.1) is 16.5 Å². The Hall–Kier alpha value is -1.85. The molecule has 3 rings (SSSR count). The van der Waals surface area contributed by atoms with Crippen molar-refractivity contribution in [1.29, 1.82) is 0 Å². The first-order valence-electron chi connectivity index (χ1n) is 5.96. The summed E-state index contributed by atoms with van der Waals surface area (Å²) >= 11 is 5.88. The van der Waals surface area contributed by atoms with Crippen LogP contribution in [0, 0.1) is 0 Å². The third-order valence-electron chi connectivity index (χ3n) is 3.01. The Labute approximate surface area is 121 Å². The summed E-state index contributed by atoms with van der Waals surface area (Å²) < 4.78 is 26.7. The molecule has 2 heterocycles. The van der Waals surface area contributed by atoms with Crippen LogP contribution < -0.4 is 0 Å². The lowest BCUT2D eigenvalue weighted by Crippen LogP contribution is -2.15. The second-order valence-electron chi connectivity index (χ2n) is 4.27. The Morgan fingerprint density at radius 3 is 2.55 bits per heavy atom. The molecule has 1 aromatic carbocycles. The predicted octanol–water partition coefficient (Wildman–Crippen LogP) is 3.01. The first kappa shape index (κ1) is 13.1. The van der Waals surface area contributed by atoms with Crippen LogP contribution in [0.25, 0.3) is 11.0 Å². The van der Waals surface area contributed by atoms with E-state index in [9.17, 15) is 8.42 Å². The predicted molar refractivity (Wildman–Crippen MR) is 78.3 cm³/mol. The lowest BCUT2D eigenvalue weighted by atomic mass is 10.3. The molecule has 0 N–H and O–H groups in total. The summed E-state index contributed by atoms with van der Waals surface area (Å²) in [7, 11) is -3.70. The standard InChI is InChI=1S/C14H11ClN2O2S/c15-10-12-9-11-5-4-8-16-14(11)17(12)20(18,19)13-6-2-1-3-7-13/h1-9H,10H2. The van der Waals surface area contributed by atoms with Crippen molar-refractivity contribution in [2.24, 2.45) is 0 Å². The zero-order chi connectivity index (χ0) is 14.2. The largest absolute Gasteiger partial charge is 0.269 e. The van der Waals surface area contributed by atoms with Gasteiger partial charge in [0.2, 0.25) is 0 Å². The van der Waals surface area contributed by atoms with E-state index in [0.29, 0.717) is 11.3 Å². The number of benzene rings is 1. The van der Waals surface area contributed by atoms with E-state index >= 15 is 0 Å². The number of hydrogen-bond acceptors (Lipinski definition) is 3. The Kier molecular flexibility index (Phi) is 3.23. The molecule has 0 aliphatic rings. The van der Waals surface area contributed by atoms with E-state index in [4.69, 9.17) is 11.6 Å². The van der Waals surface area contributed by atoms with Crippen LogP contribution >= 0.6 is 11.6 Å². The molecule has 6 heteroatoms. The van der Waals surface area contributed by atoms with Crippen molar-refractivity contribution in [1.82, 2.24) is 8.96 Å². The monoisotopic (exact) mass is 306 g/mol. The average Bonchev–Trinajstić information content (AvgIpc) is 2.87. The lowest BCUT2D eigenvalue weighted by molar-refractivity contribution is 0.587. The normalized spacial score (nSPS) is 11.8. The number of nitrogens with zero attached hydrogens (tertiary/aromatic N) is 2. The highest BCUT2D eigenvalue weighted by molar-refractivity contribution is 7.90. The molecule has 3 aromatic rings. The van der Waals surface area contributed by atoms with E-state index in [2.05, 4.69) is 4.98 Å². The summed E-state index contributed by atoms with van der Waals surface area (Å²) in [4.78, 5) is 4.38. The molecular formula is C14H11ClN2O2S. The van der Waals surface area contributed by atoms with Crippen LogP contribution in [0.4, 0.5) is 0 Å². The smallest absolute Gasteiger partial charge is 0.237 e. The van der Waals surface area contributed by atoms with Crippen LogP contribution in [-0.2, 0) is 15.9 Å². The first-order valence-corrected chi connectivity index (χ1v) is 7.94. The van der Waals surface area contributed by atoms with Gasteiger partial charge in [-0.2, -0.15) is 0 Å². The van der Waals surface area contributed by atoms with Gasteiger partial charge in [0.15, 0.2) is 5.65 Å². The Morgan fingerprint density at radius 1 is 1.10 bits per heavy atom. The molecule has 2 aromatic heterocycles. The SMILES string of the molecule is O=S(=O)(c1ccccc1)n1c(CCl)cc2cccnc21. The molecular weight excluding hydrogens is 296 g/mol. The maximum Gasteiger partial charge on any atom is 0.269 e. The third-order valence-corrected chi connectivity index (χ3v) is 5.04. The van der Waals surface area contributed by atoms with E-state index in [0.717, 1.165) is 5.39 Å². The minimum Gasteiger partial charge on any atom is -0.237 e. The Balaban J connectivity index is 2.34. The number of aromatic nitrogens is 2. The van der Waals surface area contributed by atoms with Gasteiger partial charge in [0, 0.05) is 11.6 Å². The van der Waals surface area contributed by atoms with Crippen molar-refractivity contribution in [3.05, 3.63) is 60.4 Å². The fourth-order valence-corrected chi connectivity index (χ4v) is 3.91. The molecule has 20 heavy (non-hydrogen) atoms. The van der Waals surface area contributed by atoms with Gasteiger partial charge in [0.25, 0.3) is 10.0 Å². The van der Waals surface area contributed by atoms with Gasteiger partial charge in [0.1, 0.15) is 0 Å². The van der Waals surface area contributed by atoms with Gasteiger partial charge in [-0.3, -0.25) is 0 Å². The van der Waals surface area contributed by atoms with Gasteiger partial charge in [-0.05, 0) is 30.3 Å². The van der Waals surface area contributed by atoms with E-state index in [1.807, 2.05) is 6.07 Å². The van der Waals surface area contributed by atoms with E-state index in [1.54, 1.807) is 48.7 Å². The molecule has 0 radical (unpaired) electrons. The minimum atomic E-state index is -3.70. The van der Waals surface area contributed by atoms with Crippen LogP contribution in [0.3, 0.4) is 0 Å². The molecule has 102 valence electrons. The van der Waals surface area contributed by atoms with Crippen LogP contribution in [0.15, 0.2) is 59.6 Å². The molecule has 0 spiro atoms. The maximum absolute atomic E-state index is 12.8. The molecule has 0 bridgehead atoms. The number of rotatable bonds is 3. The molecule has 0 atom stereocenters. The molecule has 0 fully saturated rings. The van der Waals surface area contributed by atoms with Crippen molar-refractivity contribution in [3.8, 4) is 0 Å². The first-order chi connectivity index (χ1) is 9.64. The number of alkyl halides is 1. The molecule has 0 saturated carbocycles. The maximum atomic E-state index is 12.8. The molecule has 4 nitrogen and oxygen atoms in total. The van der Waals surface area contributed by atoms with Gasteiger partial charge < -0.3 is 0 Å². The van der Waals surface area contributed by atoms with Crippen LogP contribution in [0.1, 0.15) is 5.69 Å². The van der Waals surface area contributed by atoms with Gasteiger partial charge in [-0.1, -0.05) is 18.2 Å². The Morgan fingerprint density at radius 2 is 1.85 bits per heavy atom. The highest BCUT2D eigenvalue weighted by Crippen LogP contribution is 2.25. The second-order valence-corrected chi connectivity index (χ2v) is 6.32. The molecule has 0 saturated heterocycles. The second kappa shape index (κ2) is 4.92. The Bertz CT molecular complexity index is 857. The zero-order valence-corrected chi connectivity index (χ0v) is 12.0. The fourth-order valence-electron chi connectivity index (χ4n) is 2.12. The highest BCUT2D eigenvalue weighted by Gasteiger charge is 2.22. The van der Waals surface area contributed by atoms with E-state index < -0.39 is 10.0 Å². The summed E-state index contributed by atoms with van der Waals surface area (Å²) in [6, 6.07) is 13.6. The third kappa shape index (κ3) is 1.99. The van der Waals surface area contributed by atoms with E-state index in [-0.39, 0.29) is 10.8 Å². The average molecular weight is 307 g/mol. The minimum absolute atomic E-state index is 0.0996. The summed E-state index contributed by atoms with van der Waals surface area (Å²) in [5.41, 5.74) is 0.899. The van der Waals surface area contributed by atoms with Crippen LogP contribution in [0.2, 0.25) is 0 Å². The fraction of sp³-hybridized carbons (Fsp3) is 0.0714. The van der Waals surface area contributed by atoms with Gasteiger partial charge in [-0.15, -0.1) is 11.6 Å². The summed E-state index contributed by atoms with van der Waals surface area (Å²) in [5, 5.41) is 0.752. The summed E-state index contributed by atoms with van der Waals surface area (Å²) in [6.45, 7) is 0. The van der Waals surface area contributed by atoms with Crippen molar-refractivity contribution in [2.75, 3.05) is 0 Å². The summed E-state index contributed by atoms with van der Waals surface area (Å²) in [6.07, 6.45) is 1.57. The molecule has 0 aliphatic heterocycles. The zero-order valence-electron chi connectivity index (χ0n) is 10.4. The van der Waals surface area contributed by atoms with Gasteiger partial charge >= 0.3 is 0 Å². The van der Waals surface area contributed by atoms with Crippen molar-refractivity contribution in [2.45, 2.75) is 10.8 Å². The van der Waals surface area contributed by atoms with E-state index in [1.165, 1.54) is 3.97 Å². The topological polar surface area (TPSA) is 52.0 Å². The lowest BCUT2D eigenvalue weighted by Gasteiger charge is -2.09. The quantitative estimate of drug-likeness (QED) is 0.699. The summed E-state index contributed by atoms with van der Waals surface area (Å²) in [5.74, 6) is 0.0996.